The van der Waals surface area contributed by atoms with Crippen molar-refractivity contribution >= 4 is 6.09 Å². The van der Waals surface area contributed by atoms with E-state index >= 15 is 0 Å². The highest BCUT2D eigenvalue weighted by Gasteiger charge is 1.98. The molecule has 3 nitrogen and oxygen atoms in total. The summed E-state index contributed by atoms with van der Waals surface area (Å²) in [5.41, 5.74) is 0. The molecule has 18 heavy (non-hydrogen) atoms. The first kappa shape index (κ1) is 13.8. The van der Waals surface area contributed by atoms with Gasteiger partial charge < -0.3 is 4.74 Å². The summed E-state index contributed by atoms with van der Waals surface area (Å²) in [6.45, 7) is 2.13. The standard InChI is InChI=1S/C15H17NO2/c1-2-18-15(17)16-13-11-9-7-5-3-4-6-8-10-12-14-16/h3-14H,2H2,1H3. The summed E-state index contributed by atoms with van der Waals surface area (Å²) in [6, 6.07) is 18.7. The van der Waals surface area contributed by atoms with E-state index in [2.05, 4.69) is 0 Å². The maximum absolute atomic E-state index is 11.6. The lowest BCUT2D eigenvalue weighted by Crippen LogP contribution is -2.11. The molecule has 0 aliphatic heterocycles. The van der Waals surface area contributed by atoms with Crippen LogP contribution in [-0.2, 0) is 4.74 Å². The van der Waals surface area contributed by atoms with E-state index in [9.17, 15) is 4.79 Å². The van der Waals surface area contributed by atoms with E-state index in [1.807, 2.05) is 48.5 Å². The van der Waals surface area contributed by atoms with E-state index in [1.165, 1.54) is 4.57 Å². The zero-order valence-corrected chi connectivity index (χ0v) is 10.4. The highest BCUT2D eigenvalue weighted by Crippen LogP contribution is 1.89. The molecule has 0 radical (unpaired) electrons. The van der Waals surface area contributed by atoms with Gasteiger partial charge in [-0.1, -0.05) is 48.5 Å². The molecule has 3 heteroatoms. The van der Waals surface area contributed by atoms with Crippen LogP contribution >= 0.6 is 0 Å². The first-order valence-corrected chi connectivity index (χ1v) is 5.81. The Morgan fingerprint density at radius 2 is 1.22 bits per heavy atom. The van der Waals surface area contributed by atoms with E-state index in [4.69, 9.17) is 4.74 Å². The second-order valence-electron chi connectivity index (χ2n) is 3.33. The van der Waals surface area contributed by atoms with E-state index in [1.54, 1.807) is 31.5 Å². The van der Waals surface area contributed by atoms with Crippen molar-refractivity contribution in [2.45, 2.75) is 6.92 Å². The van der Waals surface area contributed by atoms with E-state index < -0.39 is 6.09 Å². The summed E-state index contributed by atoms with van der Waals surface area (Å²) >= 11 is 0. The van der Waals surface area contributed by atoms with Crippen LogP contribution in [0.25, 0.3) is 0 Å². The number of rotatable bonds is 1. The summed E-state index contributed by atoms with van der Waals surface area (Å²) in [5.74, 6) is 0. The molecule has 0 saturated carbocycles. The van der Waals surface area contributed by atoms with Gasteiger partial charge in [0.15, 0.2) is 0 Å². The molecular formula is C15H17NO2. The molecule has 0 unspecified atom stereocenters. The predicted octanol–water partition coefficient (Wildman–Crippen LogP) is 3.74. The van der Waals surface area contributed by atoms with Gasteiger partial charge in [0, 0.05) is 12.4 Å². The Morgan fingerprint density at radius 3 is 1.61 bits per heavy atom. The number of hydrogen-bond donors (Lipinski definition) is 0. The smallest absolute Gasteiger partial charge is 0.417 e. The average Bonchev–Trinajstić information content (AvgIpc) is 2.39. The molecule has 0 fully saturated rings. The Labute approximate surface area is 107 Å². The Bertz CT molecular complexity index is 443. The quantitative estimate of drug-likeness (QED) is 0.752. The molecule has 1 heterocycles. The molecule has 0 atom stereocenters. The largest absolute Gasteiger partial charge is 0.449 e. The maximum atomic E-state index is 11.6. The average molecular weight is 243 g/mol. The topological polar surface area (TPSA) is 31.2 Å². The number of nitrogens with zero attached hydrogens (tertiary/aromatic N) is 1. The van der Waals surface area contributed by atoms with E-state index in [0.29, 0.717) is 6.61 Å². The van der Waals surface area contributed by atoms with Crippen molar-refractivity contribution < 1.29 is 9.53 Å². The highest BCUT2D eigenvalue weighted by molar-refractivity contribution is 5.69. The van der Waals surface area contributed by atoms with Crippen molar-refractivity contribution in [3.05, 3.63) is 73.1 Å². The number of carbonyl (C=O) groups is 1. The zero-order valence-electron chi connectivity index (χ0n) is 10.4. The third-order valence-electron chi connectivity index (χ3n) is 1.97. The summed E-state index contributed by atoms with van der Waals surface area (Å²) in [6.07, 6.45) is 2.91. The van der Waals surface area contributed by atoms with E-state index in [-0.39, 0.29) is 0 Å². The third-order valence-corrected chi connectivity index (χ3v) is 1.97. The fourth-order valence-corrected chi connectivity index (χ4v) is 1.17. The molecule has 1 rings (SSSR count). The van der Waals surface area contributed by atoms with Crippen LogP contribution in [0.15, 0.2) is 73.1 Å². The number of ether oxygens (including phenoxy) is 1. The normalized spacial score (nSPS) is 8.72. The molecule has 0 amide bonds. The zero-order chi connectivity index (χ0) is 13.1. The van der Waals surface area contributed by atoms with Crippen LogP contribution in [-0.4, -0.2) is 17.3 Å². The van der Waals surface area contributed by atoms with Gasteiger partial charge in [-0.2, -0.15) is 0 Å². The van der Waals surface area contributed by atoms with Crippen molar-refractivity contribution in [1.82, 2.24) is 4.57 Å². The van der Waals surface area contributed by atoms with Gasteiger partial charge in [0.25, 0.3) is 0 Å². The summed E-state index contributed by atoms with van der Waals surface area (Å²) in [4.78, 5) is 11.6. The van der Waals surface area contributed by atoms with Crippen LogP contribution in [0.5, 0.6) is 0 Å². The van der Waals surface area contributed by atoms with Gasteiger partial charge in [-0.25, -0.2) is 4.79 Å². The van der Waals surface area contributed by atoms with Crippen molar-refractivity contribution in [3.8, 4) is 0 Å². The first-order valence-electron chi connectivity index (χ1n) is 5.81. The van der Waals surface area contributed by atoms with Crippen LogP contribution in [0.2, 0.25) is 0 Å². The number of aromatic nitrogens is 1. The fraction of sp³-hybridized carbons (Fsp3) is 0.133. The van der Waals surface area contributed by atoms with Crippen molar-refractivity contribution in [2.24, 2.45) is 0 Å². The lowest BCUT2D eigenvalue weighted by molar-refractivity contribution is 0.154. The van der Waals surface area contributed by atoms with Gasteiger partial charge in [-0.05, 0) is 19.1 Å². The molecule has 0 N–H and O–H groups in total. The Morgan fingerprint density at radius 1 is 0.833 bits per heavy atom. The highest BCUT2D eigenvalue weighted by atomic mass is 16.5. The van der Waals surface area contributed by atoms with Gasteiger partial charge in [-0.3, -0.25) is 4.57 Å². The minimum atomic E-state index is -0.396. The van der Waals surface area contributed by atoms with Crippen LogP contribution in [0.1, 0.15) is 6.92 Å². The maximum Gasteiger partial charge on any atom is 0.417 e. The molecule has 1 aromatic heterocycles. The molecule has 0 bridgehead atoms. The first-order chi connectivity index (χ1) is 8.84. The summed E-state index contributed by atoms with van der Waals surface area (Å²) < 4.78 is 6.33. The van der Waals surface area contributed by atoms with Crippen LogP contribution in [0.4, 0.5) is 4.79 Å². The van der Waals surface area contributed by atoms with Gasteiger partial charge in [-0.15, -0.1) is 0 Å². The van der Waals surface area contributed by atoms with Gasteiger partial charge in [0.2, 0.25) is 0 Å². The molecule has 94 valence electrons. The molecule has 0 aliphatic carbocycles. The Balaban J connectivity index is 3.16. The van der Waals surface area contributed by atoms with Gasteiger partial charge in [0.1, 0.15) is 0 Å². The van der Waals surface area contributed by atoms with Crippen molar-refractivity contribution in [3.63, 3.8) is 0 Å². The second-order valence-corrected chi connectivity index (χ2v) is 3.33. The van der Waals surface area contributed by atoms with Gasteiger partial charge >= 0.3 is 6.09 Å². The molecular weight excluding hydrogens is 226 g/mol. The van der Waals surface area contributed by atoms with Crippen LogP contribution in [0, 0.1) is 0 Å². The fourth-order valence-electron chi connectivity index (χ4n) is 1.17. The molecule has 0 aliphatic rings. The second kappa shape index (κ2) is 8.82. The van der Waals surface area contributed by atoms with E-state index in [0.717, 1.165) is 0 Å². The van der Waals surface area contributed by atoms with Crippen LogP contribution in [0.3, 0.4) is 0 Å². The Hall–Kier alpha value is -2.29. The molecule has 1 aromatic rings. The number of carbonyl (C=O) groups excluding carboxylic acids is 1. The number of hydrogen-bond acceptors (Lipinski definition) is 2. The minimum absolute atomic E-state index is 0.355. The third kappa shape index (κ3) is 5.70. The molecule has 0 aromatic carbocycles. The van der Waals surface area contributed by atoms with Crippen molar-refractivity contribution in [2.75, 3.05) is 6.61 Å². The molecule has 0 saturated heterocycles. The Kier molecular flexibility index (Phi) is 6.75. The monoisotopic (exact) mass is 243 g/mol. The summed E-state index contributed by atoms with van der Waals surface area (Å²) in [7, 11) is 0. The summed E-state index contributed by atoms with van der Waals surface area (Å²) in [5, 5.41) is 0. The lowest BCUT2D eigenvalue weighted by atomic mass is 10.4. The minimum Gasteiger partial charge on any atom is -0.449 e. The van der Waals surface area contributed by atoms with Crippen molar-refractivity contribution in [1.29, 1.82) is 0 Å². The van der Waals surface area contributed by atoms with Crippen LogP contribution < -0.4 is 0 Å². The lowest BCUT2D eigenvalue weighted by Gasteiger charge is -2.01. The van der Waals surface area contributed by atoms with Gasteiger partial charge in [0.05, 0.1) is 6.61 Å². The SMILES string of the molecule is CCOC(=O)n1cccccccccccc1. The predicted molar refractivity (Wildman–Crippen MR) is 72.1 cm³/mol. The molecule has 0 spiro atoms.